The van der Waals surface area contributed by atoms with Crippen LogP contribution in [0.1, 0.15) is 35.1 Å². The molecule has 0 saturated carbocycles. The van der Waals surface area contributed by atoms with Crippen LogP contribution in [0.5, 0.6) is 11.5 Å². The summed E-state index contributed by atoms with van der Waals surface area (Å²) in [6, 6.07) is 13.7. The third kappa shape index (κ3) is 5.28. The van der Waals surface area contributed by atoms with Crippen molar-refractivity contribution in [2.45, 2.75) is 50.4 Å². The zero-order valence-corrected chi connectivity index (χ0v) is 27.4. The minimum absolute atomic E-state index is 0.0280. The van der Waals surface area contributed by atoms with Gasteiger partial charge in [-0.05, 0) is 48.9 Å². The number of rotatable bonds is 7. The highest BCUT2D eigenvalue weighted by atomic mass is 35.5. The van der Waals surface area contributed by atoms with Crippen molar-refractivity contribution in [1.29, 1.82) is 0 Å². The quantitative estimate of drug-likeness (QED) is 0.225. The number of benzene rings is 3. The molecule has 0 aliphatic carbocycles. The second-order valence-corrected chi connectivity index (χ2v) is 13.3. The Balaban J connectivity index is 1.08. The summed E-state index contributed by atoms with van der Waals surface area (Å²) in [4.78, 5) is 22.1. The Labute approximate surface area is 280 Å². The molecule has 4 aromatic rings. The Morgan fingerprint density at radius 2 is 1.94 bits per heavy atom. The van der Waals surface area contributed by atoms with Crippen LogP contribution in [0.25, 0.3) is 11.0 Å². The van der Waals surface area contributed by atoms with Crippen molar-refractivity contribution in [1.82, 2.24) is 14.5 Å². The zero-order chi connectivity index (χ0) is 32.4. The Bertz CT molecular complexity index is 1890. The van der Waals surface area contributed by atoms with Crippen molar-refractivity contribution in [3.63, 3.8) is 0 Å². The van der Waals surface area contributed by atoms with E-state index in [9.17, 15) is 9.18 Å². The normalized spacial score (nSPS) is 25.2. The number of hydrogen-bond acceptors (Lipinski definition) is 9. The van der Waals surface area contributed by atoms with Crippen LogP contribution in [-0.4, -0.2) is 78.6 Å². The molecule has 3 unspecified atom stereocenters. The summed E-state index contributed by atoms with van der Waals surface area (Å²) in [6.07, 6.45) is 1.03. The highest BCUT2D eigenvalue weighted by Gasteiger charge is 2.46. The molecule has 0 radical (unpaired) electrons. The summed E-state index contributed by atoms with van der Waals surface area (Å²) < 4.78 is 46.6. The van der Waals surface area contributed by atoms with E-state index in [4.69, 9.17) is 51.9 Å². The molecule has 3 saturated heterocycles. The topological polar surface area (TPSA) is 87.5 Å². The minimum Gasteiger partial charge on any atom is -0.465 e. The molecule has 0 amide bonds. The van der Waals surface area contributed by atoms with Gasteiger partial charge in [0.25, 0.3) is 5.79 Å². The number of ether oxygens (including phenoxy) is 5. The van der Waals surface area contributed by atoms with Gasteiger partial charge in [-0.15, -0.1) is 0 Å². The monoisotopic (exact) mass is 682 g/mol. The predicted molar refractivity (Wildman–Crippen MR) is 173 cm³/mol. The molecule has 4 atom stereocenters. The first-order valence-corrected chi connectivity index (χ1v) is 16.4. The first kappa shape index (κ1) is 30.7. The third-order valence-corrected chi connectivity index (χ3v) is 10.2. The Kier molecular flexibility index (Phi) is 7.72. The van der Waals surface area contributed by atoms with Crippen LogP contribution in [0.15, 0.2) is 48.5 Å². The third-order valence-electron chi connectivity index (χ3n) is 9.64. The molecule has 4 aliphatic heterocycles. The molecule has 0 N–H and O–H groups in total. The number of carbonyl (C=O) groups is 1. The molecule has 1 aromatic heterocycles. The fourth-order valence-corrected chi connectivity index (χ4v) is 7.57. The van der Waals surface area contributed by atoms with Crippen molar-refractivity contribution in [3.05, 3.63) is 81.3 Å². The van der Waals surface area contributed by atoms with E-state index in [0.717, 1.165) is 36.6 Å². The van der Waals surface area contributed by atoms with Gasteiger partial charge in [-0.3, -0.25) is 4.90 Å². The van der Waals surface area contributed by atoms with E-state index in [2.05, 4.69) is 14.4 Å². The molecular formula is C34H33Cl2FN4O6. The molecule has 0 spiro atoms. The van der Waals surface area contributed by atoms with Crippen molar-refractivity contribution in [2.75, 3.05) is 44.9 Å². The molecular weight excluding hydrogens is 650 g/mol. The van der Waals surface area contributed by atoms with E-state index in [1.165, 1.54) is 13.2 Å². The molecule has 13 heteroatoms. The Morgan fingerprint density at radius 1 is 1.11 bits per heavy atom. The van der Waals surface area contributed by atoms with Gasteiger partial charge in [-0.2, -0.15) is 0 Å². The Hall–Kier alpha value is -3.61. The maximum Gasteiger partial charge on any atom is 0.337 e. The molecule has 246 valence electrons. The van der Waals surface area contributed by atoms with Crippen molar-refractivity contribution >= 4 is 45.9 Å². The smallest absolute Gasteiger partial charge is 0.337 e. The van der Waals surface area contributed by atoms with Crippen LogP contribution < -0.4 is 14.4 Å². The standard InChI is InChI=1S/C34H33Cl2FN4O6/c1-34(22-7-6-20(35)14-24(22)37)46-29-5-3-4-25(32(29)47-34)40-10-9-39(27-17-44-18-28(27)40)16-30-38-31-23(36)12-19(33(42)43-2)13-26(31)41(30)15-21-8-11-45-21/h3-7,12-14,21,27-28H,8-11,15-18H2,1-2H3/t21-,27?,28?,34?/m0/s1. The number of hydrogen-bond donors (Lipinski definition) is 0. The van der Waals surface area contributed by atoms with Crippen molar-refractivity contribution in [3.8, 4) is 11.5 Å². The molecule has 8 rings (SSSR count). The molecule has 0 bridgehead atoms. The fraction of sp³-hybridized carbons (Fsp3) is 0.412. The summed E-state index contributed by atoms with van der Waals surface area (Å²) in [5.41, 5.74) is 2.94. The van der Waals surface area contributed by atoms with Crippen LogP contribution in [-0.2, 0) is 33.1 Å². The number of piperazine rings is 1. The van der Waals surface area contributed by atoms with Crippen LogP contribution in [0.3, 0.4) is 0 Å². The van der Waals surface area contributed by atoms with Gasteiger partial charge in [0, 0.05) is 31.6 Å². The zero-order valence-electron chi connectivity index (χ0n) is 25.9. The summed E-state index contributed by atoms with van der Waals surface area (Å²) in [7, 11) is 1.35. The lowest BCUT2D eigenvalue weighted by Crippen LogP contribution is -2.59. The summed E-state index contributed by atoms with van der Waals surface area (Å²) in [5, 5.41) is 0.701. The maximum absolute atomic E-state index is 15.0. The largest absolute Gasteiger partial charge is 0.465 e. The number of anilines is 1. The van der Waals surface area contributed by atoms with Crippen molar-refractivity contribution in [2.24, 2.45) is 0 Å². The number of methoxy groups -OCH3 is 1. The molecule has 4 aliphatic rings. The van der Waals surface area contributed by atoms with Crippen molar-refractivity contribution < 1.29 is 32.9 Å². The summed E-state index contributed by atoms with van der Waals surface area (Å²) in [6.45, 7) is 6.12. The number of carbonyl (C=O) groups excluding carboxylic acids is 1. The SMILES string of the molecule is COC(=O)c1cc(Cl)c2nc(CN3CCN(c4cccc5c4OC(C)(c4ccc(Cl)cc4F)O5)C4COCC43)n(C[C@@H]3CCO3)c2c1. The van der Waals surface area contributed by atoms with Gasteiger partial charge >= 0.3 is 5.97 Å². The highest BCUT2D eigenvalue weighted by molar-refractivity contribution is 6.35. The van der Waals surface area contributed by atoms with Gasteiger partial charge in [0.2, 0.25) is 0 Å². The number of aromatic nitrogens is 2. The molecule has 3 aromatic carbocycles. The summed E-state index contributed by atoms with van der Waals surface area (Å²) in [5.74, 6) is -0.333. The van der Waals surface area contributed by atoms with Crippen LogP contribution >= 0.6 is 23.2 Å². The molecule has 3 fully saturated rings. The van der Waals surface area contributed by atoms with E-state index in [1.54, 1.807) is 31.2 Å². The molecule has 47 heavy (non-hydrogen) atoms. The molecule has 10 nitrogen and oxygen atoms in total. The van der Waals surface area contributed by atoms with Crippen LogP contribution in [0, 0.1) is 5.82 Å². The number of para-hydroxylation sites is 1. The van der Waals surface area contributed by atoms with Crippen LogP contribution in [0.4, 0.5) is 10.1 Å². The average Bonchev–Trinajstić information content (AvgIpc) is 3.74. The number of fused-ring (bicyclic) bond motifs is 3. The Morgan fingerprint density at radius 3 is 2.70 bits per heavy atom. The lowest BCUT2D eigenvalue weighted by atomic mass is 10.0. The fourth-order valence-electron chi connectivity index (χ4n) is 7.15. The summed E-state index contributed by atoms with van der Waals surface area (Å²) >= 11 is 12.7. The number of esters is 1. The van der Waals surface area contributed by atoms with Gasteiger partial charge in [0.15, 0.2) is 11.5 Å². The first-order valence-electron chi connectivity index (χ1n) is 15.7. The first-order chi connectivity index (χ1) is 22.7. The van der Waals surface area contributed by atoms with Gasteiger partial charge in [-0.1, -0.05) is 29.3 Å². The lowest BCUT2D eigenvalue weighted by molar-refractivity contribution is -0.0705. The van der Waals surface area contributed by atoms with Gasteiger partial charge in [0.1, 0.15) is 17.2 Å². The van der Waals surface area contributed by atoms with E-state index in [-0.39, 0.29) is 23.8 Å². The van der Waals surface area contributed by atoms with E-state index in [0.29, 0.717) is 65.5 Å². The van der Waals surface area contributed by atoms with E-state index >= 15 is 0 Å². The average molecular weight is 684 g/mol. The highest BCUT2D eigenvalue weighted by Crippen LogP contribution is 2.51. The number of imidazole rings is 1. The second-order valence-electron chi connectivity index (χ2n) is 12.5. The van der Waals surface area contributed by atoms with E-state index < -0.39 is 17.6 Å². The minimum atomic E-state index is -1.35. The molecule has 5 heterocycles. The second kappa shape index (κ2) is 11.8. The van der Waals surface area contributed by atoms with Crippen LogP contribution in [0.2, 0.25) is 10.0 Å². The van der Waals surface area contributed by atoms with Gasteiger partial charge in [0.05, 0.1) is 79.0 Å². The maximum atomic E-state index is 15.0. The lowest BCUT2D eigenvalue weighted by Gasteiger charge is -2.44. The van der Waals surface area contributed by atoms with E-state index in [1.807, 2.05) is 18.2 Å². The van der Waals surface area contributed by atoms with Gasteiger partial charge in [-0.25, -0.2) is 14.2 Å². The predicted octanol–water partition coefficient (Wildman–Crippen LogP) is 5.79. The number of nitrogens with zero attached hydrogens (tertiary/aromatic N) is 4. The van der Waals surface area contributed by atoms with Gasteiger partial charge < -0.3 is 33.2 Å². The number of halogens is 3.